The Balaban J connectivity index is 0.00000338. The van der Waals surface area contributed by atoms with E-state index < -0.39 is 29.5 Å². The summed E-state index contributed by atoms with van der Waals surface area (Å²) < 4.78 is 45.3. The second-order valence-electron chi connectivity index (χ2n) is 5.63. The standard InChI is InChI=1S/C19H20F3NO2.ClH/c1-2-25-19(24)10-15(23-12-13-6-4-3-5-7-13)8-14-9-17(21)18(22)11-16(14)20;/h3-7,9,11,15,23H,2,8,10,12H2,1H3;1H. The number of hydrogen-bond donors (Lipinski definition) is 1. The molecule has 0 aliphatic carbocycles. The van der Waals surface area contributed by atoms with Gasteiger partial charge in [0.15, 0.2) is 11.6 Å². The fraction of sp³-hybridized carbons (Fsp3) is 0.316. The number of ether oxygens (including phenoxy) is 1. The lowest BCUT2D eigenvalue weighted by atomic mass is 10.0. The maximum Gasteiger partial charge on any atom is 0.307 e. The molecule has 0 aliphatic rings. The third kappa shape index (κ3) is 6.69. The van der Waals surface area contributed by atoms with E-state index >= 15 is 0 Å². The summed E-state index contributed by atoms with van der Waals surface area (Å²) in [6.07, 6.45) is 0.0355. The highest BCUT2D eigenvalue weighted by atomic mass is 35.5. The van der Waals surface area contributed by atoms with Crippen molar-refractivity contribution in [3.63, 3.8) is 0 Å². The van der Waals surface area contributed by atoms with Gasteiger partial charge in [-0.3, -0.25) is 4.79 Å². The molecule has 7 heteroatoms. The molecule has 0 amide bonds. The van der Waals surface area contributed by atoms with Gasteiger partial charge in [0, 0.05) is 18.7 Å². The summed E-state index contributed by atoms with van der Waals surface area (Å²) in [5.41, 5.74) is 0.996. The predicted molar refractivity (Wildman–Crippen MR) is 95.6 cm³/mol. The molecule has 1 unspecified atom stereocenters. The second-order valence-corrected chi connectivity index (χ2v) is 5.63. The molecule has 0 saturated heterocycles. The molecule has 0 bridgehead atoms. The Labute approximate surface area is 157 Å². The van der Waals surface area contributed by atoms with Gasteiger partial charge in [0.1, 0.15) is 5.82 Å². The average Bonchev–Trinajstić information content (AvgIpc) is 2.58. The molecule has 0 spiro atoms. The van der Waals surface area contributed by atoms with Gasteiger partial charge in [-0.15, -0.1) is 12.4 Å². The number of carbonyl (C=O) groups is 1. The molecule has 0 saturated carbocycles. The van der Waals surface area contributed by atoms with Crippen LogP contribution >= 0.6 is 12.4 Å². The molecule has 0 heterocycles. The van der Waals surface area contributed by atoms with Gasteiger partial charge in [0.2, 0.25) is 0 Å². The molecule has 1 atom stereocenters. The minimum atomic E-state index is -1.24. The van der Waals surface area contributed by atoms with E-state index in [2.05, 4.69) is 5.32 Å². The summed E-state index contributed by atoms with van der Waals surface area (Å²) in [5, 5.41) is 3.15. The van der Waals surface area contributed by atoms with Gasteiger partial charge in [0.05, 0.1) is 13.0 Å². The molecular formula is C19H21ClF3NO2. The lowest BCUT2D eigenvalue weighted by Gasteiger charge is -2.19. The van der Waals surface area contributed by atoms with Crippen molar-refractivity contribution < 1.29 is 22.7 Å². The first-order chi connectivity index (χ1) is 12.0. The average molecular weight is 388 g/mol. The van der Waals surface area contributed by atoms with Gasteiger partial charge in [-0.2, -0.15) is 0 Å². The van der Waals surface area contributed by atoms with Crippen LogP contribution in [0.5, 0.6) is 0 Å². The lowest BCUT2D eigenvalue weighted by Crippen LogP contribution is -2.34. The number of benzene rings is 2. The molecule has 142 valence electrons. The summed E-state index contributed by atoms with van der Waals surface area (Å²) in [6, 6.07) is 10.3. The number of nitrogens with one attached hydrogen (secondary N) is 1. The SMILES string of the molecule is CCOC(=O)CC(Cc1cc(F)c(F)cc1F)NCc1ccccc1.Cl. The highest BCUT2D eigenvalue weighted by Crippen LogP contribution is 2.17. The first-order valence-corrected chi connectivity index (χ1v) is 8.06. The first-order valence-electron chi connectivity index (χ1n) is 8.06. The highest BCUT2D eigenvalue weighted by Gasteiger charge is 2.19. The summed E-state index contributed by atoms with van der Waals surface area (Å²) >= 11 is 0. The van der Waals surface area contributed by atoms with Crippen LogP contribution < -0.4 is 5.32 Å². The number of esters is 1. The Bertz CT molecular complexity index is 713. The van der Waals surface area contributed by atoms with Crippen molar-refractivity contribution in [1.29, 1.82) is 0 Å². The van der Waals surface area contributed by atoms with E-state index in [-0.39, 0.29) is 37.4 Å². The fourth-order valence-electron chi connectivity index (χ4n) is 2.48. The van der Waals surface area contributed by atoms with E-state index in [1.54, 1.807) is 6.92 Å². The maximum absolute atomic E-state index is 13.9. The van der Waals surface area contributed by atoms with E-state index in [1.165, 1.54) is 0 Å². The number of carbonyl (C=O) groups excluding carboxylic acids is 1. The van der Waals surface area contributed by atoms with Gasteiger partial charge in [-0.05, 0) is 30.5 Å². The smallest absolute Gasteiger partial charge is 0.307 e. The zero-order chi connectivity index (χ0) is 18.2. The summed E-state index contributed by atoms with van der Waals surface area (Å²) in [5.74, 6) is -3.62. The van der Waals surface area contributed by atoms with E-state index in [9.17, 15) is 18.0 Å². The predicted octanol–water partition coefficient (Wildman–Crippen LogP) is 4.18. The molecule has 0 fully saturated rings. The Hall–Kier alpha value is -2.05. The number of halogens is 4. The third-order valence-electron chi connectivity index (χ3n) is 3.71. The molecule has 2 aromatic carbocycles. The number of hydrogen-bond acceptors (Lipinski definition) is 3. The lowest BCUT2D eigenvalue weighted by molar-refractivity contribution is -0.143. The Morgan fingerprint density at radius 3 is 2.38 bits per heavy atom. The van der Waals surface area contributed by atoms with Crippen molar-refractivity contribution in [2.45, 2.75) is 32.4 Å². The first kappa shape index (κ1) is 22.0. The van der Waals surface area contributed by atoms with E-state index in [1.807, 2.05) is 30.3 Å². The topological polar surface area (TPSA) is 38.3 Å². The monoisotopic (exact) mass is 387 g/mol. The van der Waals surface area contributed by atoms with Crippen LogP contribution in [0.15, 0.2) is 42.5 Å². The van der Waals surface area contributed by atoms with Crippen LogP contribution in [0.25, 0.3) is 0 Å². The van der Waals surface area contributed by atoms with Crippen molar-refractivity contribution >= 4 is 18.4 Å². The Morgan fingerprint density at radius 1 is 1.08 bits per heavy atom. The largest absolute Gasteiger partial charge is 0.466 e. The quantitative estimate of drug-likeness (QED) is 0.545. The Morgan fingerprint density at radius 2 is 1.73 bits per heavy atom. The Kier molecular flexibility index (Phi) is 9.16. The number of rotatable bonds is 8. The van der Waals surface area contributed by atoms with E-state index in [0.29, 0.717) is 12.6 Å². The summed E-state index contributed by atoms with van der Waals surface area (Å²) in [4.78, 5) is 11.8. The molecule has 2 rings (SSSR count). The van der Waals surface area contributed by atoms with Gasteiger partial charge >= 0.3 is 5.97 Å². The molecular weight excluding hydrogens is 367 g/mol. The maximum atomic E-state index is 13.9. The molecule has 26 heavy (non-hydrogen) atoms. The van der Waals surface area contributed by atoms with E-state index in [0.717, 1.165) is 11.6 Å². The molecule has 2 aromatic rings. The van der Waals surface area contributed by atoms with Crippen molar-refractivity contribution in [3.05, 3.63) is 71.0 Å². The van der Waals surface area contributed by atoms with Crippen LogP contribution in [0.3, 0.4) is 0 Å². The van der Waals surface area contributed by atoms with Crippen LogP contribution in [0.4, 0.5) is 13.2 Å². The van der Waals surface area contributed by atoms with Crippen LogP contribution in [0.1, 0.15) is 24.5 Å². The van der Waals surface area contributed by atoms with Gasteiger partial charge in [-0.25, -0.2) is 13.2 Å². The van der Waals surface area contributed by atoms with Crippen molar-refractivity contribution in [2.75, 3.05) is 6.61 Å². The van der Waals surface area contributed by atoms with Gasteiger partial charge < -0.3 is 10.1 Å². The summed E-state index contributed by atoms with van der Waals surface area (Å²) in [7, 11) is 0. The van der Waals surface area contributed by atoms with Crippen LogP contribution in [0.2, 0.25) is 0 Å². The normalized spacial score (nSPS) is 11.5. The molecule has 0 aromatic heterocycles. The minimum Gasteiger partial charge on any atom is -0.466 e. The zero-order valence-electron chi connectivity index (χ0n) is 14.3. The van der Waals surface area contributed by atoms with Crippen molar-refractivity contribution in [1.82, 2.24) is 5.32 Å². The van der Waals surface area contributed by atoms with Crippen molar-refractivity contribution in [2.24, 2.45) is 0 Å². The van der Waals surface area contributed by atoms with E-state index in [4.69, 9.17) is 4.74 Å². The highest BCUT2D eigenvalue weighted by molar-refractivity contribution is 5.85. The molecule has 3 nitrogen and oxygen atoms in total. The molecule has 0 radical (unpaired) electrons. The van der Waals surface area contributed by atoms with Gasteiger partial charge in [-0.1, -0.05) is 30.3 Å². The summed E-state index contributed by atoms with van der Waals surface area (Å²) in [6.45, 7) is 2.39. The van der Waals surface area contributed by atoms with Crippen LogP contribution in [-0.2, 0) is 22.5 Å². The molecule has 0 aliphatic heterocycles. The van der Waals surface area contributed by atoms with Crippen LogP contribution in [-0.4, -0.2) is 18.6 Å². The molecule has 1 N–H and O–H groups in total. The third-order valence-corrected chi connectivity index (χ3v) is 3.71. The minimum absolute atomic E-state index is 0. The zero-order valence-corrected chi connectivity index (χ0v) is 15.1. The second kappa shape index (κ2) is 10.8. The van der Waals surface area contributed by atoms with Crippen LogP contribution in [0, 0.1) is 17.5 Å². The fourth-order valence-corrected chi connectivity index (χ4v) is 2.48. The van der Waals surface area contributed by atoms with Gasteiger partial charge in [0.25, 0.3) is 0 Å². The van der Waals surface area contributed by atoms with Crippen molar-refractivity contribution in [3.8, 4) is 0 Å².